The normalized spacial score (nSPS) is 16.7. The lowest BCUT2D eigenvalue weighted by atomic mass is 9.85. The van der Waals surface area contributed by atoms with Crippen LogP contribution >= 0.6 is 0 Å². The van der Waals surface area contributed by atoms with Gasteiger partial charge in [0.25, 0.3) is 12.3 Å². The van der Waals surface area contributed by atoms with E-state index in [0.29, 0.717) is 29.6 Å². The first-order valence-corrected chi connectivity index (χ1v) is 16.0. The van der Waals surface area contributed by atoms with Gasteiger partial charge in [0, 0.05) is 56.7 Å². The first kappa shape index (κ1) is 33.2. The molecule has 0 aliphatic carbocycles. The molecule has 1 N–H and O–H groups in total. The third-order valence-corrected chi connectivity index (χ3v) is 8.64. The van der Waals surface area contributed by atoms with E-state index in [9.17, 15) is 13.6 Å². The summed E-state index contributed by atoms with van der Waals surface area (Å²) >= 11 is 0. The molecule has 4 aromatic rings. The number of benzene rings is 2. The summed E-state index contributed by atoms with van der Waals surface area (Å²) in [5.74, 6) is 0.431. The summed E-state index contributed by atoms with van der Waals surface area (Å²) in [7, 11) is 1.75. The molecule has 1 aliphatic heterocycles. The molecule has 244 valence electrons. The van der Waals surface area contributed by atoms with Crippen LogP contribution in [0.25, 0.3) is 16.9 Å². The number of methoxy groups -OCH3 is 1. The molecule has 0 unspecified atom stereocenters. The summed E-state index contributed by atoms with van der Waals surface area (Å²) < 4.78 is 38.4. The number of carbonyl (C=O) groups is 1. The van der Waals surface area contributed by atoms with Crippen LogP contribution in [0.2, 0.25) is 0 Å². The number of likely N-dealkylation sites (tertiary alicyclic amines) is 1. The van der Waals surface area contributed by atoms with Crippen molar-refractivity contribution in [3.8, 4) is 22.8 Å². The molecule has 5 rings (SSSR count). The van der Waals surface area contributed by atoms with E-state index in [1.807, 2.05) is 41.9 Å². The van der Waals surface area contributed by atoms with Gasteiger partial charge in [-0.1, -0.05) is 48.5 Å². The molecule has 1 amide bonds. The minimum atomic E-state index is -2.68. The van der Waals surface area contributed by atoms with Crippen molar-refractivity contribution in [2.24, 2.45) is 5.92 Å². The largest absolute Gasteiger partial charge is 0.471 e. The minimum absolute atomic E-state index is 0.0985. The molecule has 1 fully saturated rings. The molecule has 0 bridgehead atoms. The van der Waals surface area contributed by atoms with Crippen molar-refractivity contribution in [2.75, 3.05) is 46.5 Å². The monoisotopic (exact) mass is 631 g/mol. The average molecular weight is 632 g/mol. The molecule has 46 heavy (non-hydrogen) atoms. The Hall–Kier alpha value is -4.15. The van der Waals surface area contributed by atoms with Crippen LogP contribution in [-0.4, -0.2) is 78.5 Å². The number of para-hydroxylation sites is 1. The highest BCUT2D eigenvalue weighted by molar-refractivity contribution is 5.97. The second-order valence-electron chi connectivity index (χ2n) is 11.7. The Morgan fingerprint density at radius 1 is 1.09 bits per heavy atom. The zero-order chi connectivity index (χ0) is 32.5. The molecule has 2 atom stereocenters. The Morgan fingerprint density at radius 2 is 1.83 bits per heavy atom. The van der Waals surface area contributed by atoms with Gasteiger partial charge >= 0.3 is 0 Å². The number of hydrogen-bond acceptors (Lipinski definition) is 6. The van der Waals surface area contributed by atoms with E-state index in [2.05, 4.69) is 45.5 Å². The fourth-order valence-electron chi connectivity index (χ4n) is 6.40. The van der Waals surface area contributed by atoms with Gasteiger partial charge in [0.1, 0.15) is 5.56 Å². The fourth-order valence-corrected chi connectivity index (χ4v) is 6.40. The summed E-state index contributed by atoms with van der Waals surface area (Å²) in [6.45, 7) is 7.08. The van der Waals surface area contributed by atoms with Crippen LogP contribution in [0.15, 0.2) is 72.9 Å². The van der Waals surface area contributed by atoms with Crippen LogP contribution in [0.5, 0.6) is 5.88 Å². The summed E-state index contributed by atoms with van der Waals surface area (Å²) in [6.07, 6.45) is 1.71. The Labute approximate surface area is 269 Å². The highest BCUT2D eigenvalue weighted by atomic mass is 19.3. The number of amides is 1. The van der Waals surface area contributed by atoms with E-state index in [0.717, 1.165) is 62.4 Å². The highest BCUT2D eigenvalue weighted by Gasteiger charge is 2.33. The van der Waals surface area contributed by atoms with Gasteiger partial charge in [-0.15, -0.1) is 0 Å². The second-order valence-corrected chi connectivity index (χ2v) is 11.7. The fraction of sp³-hybridized carbons (Fsp3) is 0.417. The first-order valence-electron chi connectivity index (χ1n) is 16.0. The van der Waals surface area contributed by atoms with Crippen molar-refractivity contribution in [1.29, 1.82) is 0 Å². The number of rotatable bonds is 15. The maximum Gasteiger partial charge on any atom is 0.272 e. The van der Waals surface area contributed by atoms with Crippen LogP contribution in [0.4, 0.5) is 8.78 Å². The number of carbonyl (C=O) groups excluding carboxylic acids is 1. The molecule has 0 spiro atoms. The number of hydrogen-bond donors (Lipinski definition) is 1. The van der Waals surface area contributed by atoms with Crippen molar-refractivity contribution in [2.45, 2.75) is 45.5 Å². The SMILES string of the molecule is CCNC(=O)c1cc(-c2nn(-c3ccccc3)c(CCC[C@@H]3CN(CCOC)C[C@H]3c3ccccc3)c2C)cnc1OCC(F)F. The number of halogens is 2. The van der Waals surface area contributed by atoms with E-state index in [-0.39, 0.29) is 11.4 Å². The zero-order valence-electron chi connectivity index (χ0n) is 26.8. The maximum absolute atomic E-state index is 12.9. The summed E-state index contributed by atoms with van der Waals surface area (Å²) in [5.41, 5.74) is 5.80. The molecule has 0 radical (unpaired) electrons. The Balaban J connectivity index is 1.42. The van der Waals surface area contributed by atoms with Gasteiger partial charge in [-0.3, -0.25) is 4.79 Å². The summed E-state index contributed by atoms with van der Waals surface area (Å²) in [6, 6.07) is 22.4. The van der Waals surface area contributed by atoms with Crippen molar-refractivity contribution in [3.63, 3.8) is 0 Å². The molecule has 8 nitrogen and oxygen atoms in total. The lowest BCUT2D eigenvalue weighted by Gasteiger charge is -2.19. The second kappa shape index (κ2) is 15.9. The van der Waals surface area contributed by atoms with E-state index >= 15 is 0 Å². The van der Waals surface area contributed by atoms with Gasteiger partial charge in [-0.2, -0.15) is 5.10 Å². The predicted molar refractivity (Wildman–Crippen MR) is 175 cm³/mol. The van der Waals surface area contributed by atoms with Crippen molar-refractivity contribution in [3.05, 3.63) is 95.3 Å². The van der Waals surface area contributed by atoms with Crippen LogP contribution in [-0.2, 0) is 11.2 Å². The van der Waals surface area contributed by atoms with Crippen LogP contribution in [0, 0.1) is 12.8 Å². The maximum atomic E-state index is 12.9. The zero-order valence-corrected chi connectivity index (χ0v) is 26.8. The Bertz CT molecular complexity index is 1560. The Kier molecular flexibility index (Phi) is 11.5. The van der Waals surface area contributed by atoms with Crippen LogP contribution < -0.4 is 10.1 Å². The summed E-state index contributed by atoms with van der Waals surface area (Å²) in [5, 5.41) is 7.75. The number of alkyl halides is 2. The van der Waals surface area contributed by atoms with E-state index < -0.39 is 18.9 Å². The quantitative estimate of drug-likeness (QED) is 0.165. The van der Waals surface area contributed by atoms with Gasteiger partial charge < -0.3 is 19.7 Å². The van der Waals surface area contributed by atoms with Crippen molar-refractivity contribution in [1.82, 2.24) is 25.0 Å². The number of ether oxygens (including phenoxy) is 2. The lowest BCUT2D eigenvalue weighted by molar-refractivity contribution is 0.0773. The standard InChI is InChI=1S/C36H43F2N5O3/c1-4-39-35(44)30-20-28(21-40-36(30)46-24-33(37)38)34-25(2)32(43(41-34)29-15-9-6-10-16-29)17-11-14-27-22-42(18-19-45-3)23-31(27)26-12-7-5-8-13-26/h5-10,12-13,15-16,20-21,27,31,33H,4,11,14,17-19,22-24H2,1-3H3,(H,39,44)/t27-,31+/m1/s1. The lowest BCUT2D eigenvalue weighted by Crippen LogP contribution is -2.25. The molecule has 3 heterocycles. The third kappa shape index (κ3) is 7.97. The number of nitrogens with one attached hydrogen (secondary N) is 1. The van der Waals surface area contributed by atoms with E-state index in [4.69, 9.17) is 14.6 Å². The smallest absolute Gasteiger partial charge is 0.272 e. The van der Waals surface area contributed by atoms with Crippen molar-refractivity contribution < 1.29 is 23.0 Å². The molecule has 2 aromatic heterocycles. The topological polar surface area (TPSA) is 81.5 Å². The molecule has 0 saturated carbocycles. The number of nitrogens with zero attached hydrogens (tertiary/aromatic N) is 4. The molecule has 1 saturated heterocycles. The first-order chi connectivity index (χ1) is 22.4. The van der Waals surface area contributed by atoms with Gasteiger partial charge in [-0.25, -0.2) is 18.4 Å². The highest BCUT2D eigenvalue weighted by Crippen LogP contribution is 2.36. The molecule has 1 aliphatic rings. The van der Waals surface area contributed by atoms with E-state index in [1.165, 1.54) is 11.8 Å². The number of pyridine rings is 1. The van der Waals surface area contributed by atoms with Gasteiger partial charge in [-0.05, 0) is 68.4 Å². The molecule has 2 aromatic carbocycles. The van der Waals surface area contributed by atoms with E-state index in [1.54, 1.807) is 20.1 Å². The average Bonchev–Trinajstić information content (AvgIpc) is 3.64. The van der Waals surface area contributed by atoms with Gasteiger partial charge in [0.2, 0.25) is 5.88 Å². The molecular formula is C36H43F2N5O3. The van der Waals surface area contributed by atoms with Crippen LogP contribution in [0.1, 0.15) is 52.9 Å². The van der Waals surface area contributed by atoms with Gasteiger partial charge in [0.05, 0.1) is 18.0 Å². The van der Waals surface area contributed by atoms with Gasteiger partial charge in [0.15, 0.2) is 6.61 Å². The van der Waals surface area contributed by atoms with Crippen molar-refractivity contribution >= 4 is 5.91 Å². The minimum Gasteiger partial charge on any atom is -0.471 e. The Morgan fingerprint density at radius 3 is 2.52 bits per heavy atom. The third-order valence-electron chi connectivity index (χ3n) is 8.64. The summed E-state index contributed by atoms with van der Waals surface area (Å²) in [4.78, 5) is 19.7. The predicted octanol–water partition coefficient (Wildman–Crippen LogP) is 6.32. The molecule has 10 heteroatoms. The molecular weight excluding hydrogens is 588 g/mol. The van der Waals surface area contributed by atoms with Crippen LogP contribution in [0.3, 0.4) is 0 Å². The number of aromatic nitrogens is 3.